The van der Waals surface area contributed by atoms with Crippen molar-refractivity contribution < 1.29 is 29.6 Å². The molecule has 9 heteroatoms. The number of carbonyl (C=O) groups is 2. The van der Waals surface area contributed by atoms with Crippen LogP contribution in [0.25, 0.3) is 0 Å². The van der Waals surface area contributed by atoms with Crippen molar-refractivity contribution in [3.8, 4) is 17.2 Å². The first-order valence-electron chi connectivity index (χ1n) is 8.78. The third-order valence-corrected chi connectivity index (χ3v) is 5.30. The van der Waals surface area contributed by atoms with Crippen LogP contribution >= 0.6 is 31.9 Å². The zero-order valence-corrected chi connectivity index (χ0v) is 18.9. The second-order valence-corrected chi connectivity index (χ2v) is 8.33. The van der Waals surface area contributed by atoms with E-state index in [2.05, 4.69) is 37.2 Å². The highest BCUT2D eigenvalue weighted by Crippen LogP contribution is 2.39. The number of carboxylic acid groups (broad SMARTS) is 1. The number of aromatic hydroxyl groups is 1. The lowest BCUT2D eigenvalue weighted by Crippen LogP contribution is -2.41. The fourth-order valence-electron chi connectivity index (χ4n) is 2.59. The van der Waals surface area contributed by atoms with Gasteiger partial charge in [0.2, 0.25) is 0 Å². The molecule has 0 saturated carbocycles. The molecule has 0 radical (unpaired) electrons. The monoisotopic (exact) mass is 529 g/mol. The number of carboxylic acids is 1. The lowest BCUT2D eigenvalue weighted by atomic mass is 10.0. The number of aliphatic carboxylic acids is 1. The highest BCUT2D eigenvalue weighted by Gasteiger charge is 2.22. The van der Waals surface area contributed by atoms with E-state index in [1.54, 1.807) is 18.2 Å². The Hall–Kier alpha value is -2.10. The van der Waals surface area contributed by atoms with Crippen molar-refractivity contribution in [1.29, 1.82) is 0 Å². The quantitative estimate of drug-likeness (QED) is 0.402. The lowest BCUT2D eigenvalue weighted by Gasteiger charge is -2.16. The zero-order valence-electron chi connectivity index (χ0n) is 15.8. The predicted molar refractivity (Wildman–Crippen MR) is 115 cm³/mol. The number of rotatable bonds is 8. The third kappa shape index (κ3) is 5.94. The van der Waals surface area contributed by atoms with Gasteiger partial charge in [-0.05, 0) is 68.1 Å². The van der Waals surface area contributed by atoms with Crippen LogP contribution in [0, 0.1) is 0 Å². The number of hydrogen-bond acceptors (Lipinski definition) is 5. The SMILES string of the molecule is CC(C)c1cc(Oc2c(Br)cc(C(=O)N[C@@H](CCO)C(=O)O)cc2Br)ccc1O. The van der Waals surface area contributed by atoms with Crippen LogP contribution in [0.3, 0.4) is 0 Å². The summed E-state index contributed by atoms with van der Waals surface area (Å²) in [6.07, 6.45) is -0.0936. The number of phenolic OH excluding ortho intramolecular Hbond substituents is 1. The molecule has 0 aromatic heterocycles. The number of aliphatic hydroxyl groups excluding tert-OH is 1. The summed E-state index contributed by atoms with van der Waals surface area (Å²) in [5.41, 5.74) is 0.961. The van der Waals surface area contributed by atoms with Crippen LogP contribution in [0.1, 0.15) is 42.1 Å². The number of halogens is 2. The maximum Gasteiger partial charge on any atom is 0.326 e. The average molecular weight is 531 g/mol. The van der Waals surface area contributed by atoms with E-state index in [9.17, 15) is 14.7 Å². The Kier molecular flexibility index (Phi) is 8.06. The molecule has 7 nitrogen and oxygen atoms in total. The van der Waals surface area contributed by atoms with Crippen LogP contribution in [-0.4, -0.2) is 39.8 Å². The van der Waals surface area contributed by atoms with Crippen molar-refractivity contribution >= 4 is 43.7 Å². The van der Waals surface area contributed by atoms with Gasteiger partial charge in [-0.15, -0.1) is 0 Å². The molecule has 2 rings (SSSR count). The van der Waals surface area contributed by atoms with Crippen molar-refractivity contribution in [3.63, 3.8) is 0 Å². The number of benzene rings is 2. The van der Waals surface area contributed by atoms with Gasteiger partial charge < -0.3 is 25.4 Å². The molecule has 0 bridgehead atoms. The standard InChI is InChI=1S/C20H21Br2NO6/c1-10(2)13-9-12(3-4-17(13)25)29-18-14(21)7-11(8-15(18)22)19(26)23-16(5-6-24)20(27)28/h3-4,7-10,16,24-25H,5-6H2,1-2H3,(H,23,26)(H,27,28)/t16-/m0/s1. The largest absolute Gasteiger partial charge is 0.508 e. The van der Waals surface area contributed by atoms with Gasteiger partial charge in [0.1, 0.15) is 17.5 Å². The minimum Gasteiger partial charge on any atom is -0.508 e. The molecule has 1 amide bonds. The van der Waals surface area contributed by atoms with E-state index in [0.29, 0.717) is 20.4 Å². The maximum atomic E-state index is 12.4. The Balaban J connectivity index is 2.26. The number of nitrogens with one attached hydrogen (secondary N) is 1. The van der Waals surface area contributed by atoms with Crippen molar-refractivity contribution in [2.24, 2.45) is 0 Å². The molecule has 0 saturated heterocycles. The normalized spacial score (nSPS) is 11.9. The molecule has 0 unspecified atom stereocenters. The van der Waals surface area contributed by atoms with Gasteiger partial charge in [0, 0.05) is 24.2 Å². The maximum absolute atomic E-state index is 12.4. The molecule has 1 atom stereocenters. The number of ether oxygens (including phenoxy) is 1. The summed E-state index contributed by atoms with van der Waals surface area (Å²) >= 11 is 6.74. The molecule has 4 N–H and O–H groups in total. The number of amides is 1. The van der Waals surface area contributed by atoms with E-state index in [4.69, 9.17) is 14.9 Å². The summed E-state index contributed by atoms with van der Waals surface area (Å²) in [6.45, 7) is 3.56. The highest BCUT2D eigenvalue weighted by molar-refractivity contribution is 9.11. The molecule has 0 fully saturated rings. The van der Waals surface area contributed by atoms with Gasteiger partial charge in [0.05, 0.1) is 8.95 Å². The number of carbonyl (C=O) groups excluding carboxylic acids is 1. The molecular weight excluding hydrogens is 510 g/mol. The first-order chi connectivity index (χ1) is 13.6. The van der Waals surface area contributed by atoms with Crippen molar-refractivity contribution in [2.75, 3.05) is 6.61 Å². The molecule has 2 aromatic rings. The summed E-state index contributed by atoms with van der Waals surface area (Å²) in [4.78, 5) is 23.6. The number of hydrogen-bond donors (Lipinski definition) is 4. The summed E-state index contributed by atoms with van der Waals surface area (Å²) in [5.74, 6) is -0.582. The molecule has 29 heavy (non-hydrogen) atoms. The lowest BCUT2D eigenvalue weighted by molar-refractivity contribution is -0.139. The van der Waals surface area contributed by atoms with E-state index in [1.165, 1.54) is 12.1 Å². The van der Waals surface area contributed by atoms with E-state index < -0.39 is 17.9 Å². The molecule has 0 heterocycles. The van der Waals surface area contributed by atoms with Crippen molar-refractivity contribution in [3.05, 3.63) is 50.4 Å². The first-order valence-corrected chi connectivity index (χ1v) is 10.4. The Morgan fingerprint density at radius 2 is 1.76 bits per heavy atom. The van der Waals surface area contributed by atoms with Gasteiger partial charge in [-0.3, -0.25) is 4.79 Å². The molecule has 0 aliphatic heterocycles. The summed E-state index contributed by atoms with van der Waals surface area (Å²) < 4.78 is 6.87. The summed E-state index contributed by atoms with van der Waals surface area (Å²) in [7, 11) is 0. The van der Waals surface area contributed by atoms with Crippen molar-refractivity contribution in [1.82, 2.24) is 5.32 Å². The molecule has 0 spiro atoms. The van der Waals surface area contributed by atoms with E-state index in [0.717, 1.165) is 5.56 Å². The number of phenols is 1. The zero-order chi connectivity index (χ0) is 21.7. The summed E-state index contributed by atoms with van der Waals surface area (Å²) in [5, 5.41) is 30.4. The van der Waals surface area contributed by atoms with Gasteiger partial charge in [0.15, 0.2) is 5.75 Å². The fraction of sp³-hybridized carbons (Fsp3) is 0.300. The van der Waals surface area contributed by atoms with E-state index in [-0.39, 0.29) is 30.3 Å². The average Bonchev–Trinajstić information content (AvgIpc) is 2.64. The van der Waals surface area contributed by atoms with Crippen LogP contribution in [0.4, 0.5) is 0 Å². The van der Waals surface area contributed by atoms with Gasteiger partial charge in [-0.2, -0.15) is 0 Å². The van der Waals surface area contributed by atoms with Crippen LogP contribution < -0.4 is 10.1 Å². The minimum atomic E-state index is -1.22. The number of aliphatic hydroxyl groups is 1. The topological polar surface area (TPSA) is 116 Å². The van der Waals surface area contributed by atoms with E-state index >= 15 is 0 Å². The molecular formula is C20H21Br2NO6. The Morgan fingerprint density at radius 1 is 1.14 bits per heavy atom. The predicted octanol–water partition coefficient (Wildman–Crippen LogP) is 4.40. The second kappa shape index (κ2) is 10.1. The molecule has 2 aromatic carbocycles. The first kappa shape index (κ1) is 23.2. The smallest absolute Gasteiger partial charge is 0.326 e. The Labute approximate surface area is 185 Å². The Bertz CT molecular complexity index is 893. The van der Waals surface area contributed by atoms with Gasteiger partial charge in [-0.1, -0.05) is 13.8 Å². The van der Waals surface area contributed by atoms with Crippen LogP contribution in [0.15, 0.2) is 39.3 Å². The third-order valence-electron chi connectivity index (χ3n) is 4.12. The molecule has 0 aliphatic carbocycles. The van der Waals surface area contributed by atoms with Gasteiger partial charge in [-0.25, -0.2) is 4.79 Å². The minimum absolute atomic E-state index is 0.0936. The molecule has 156 valence electrons. The fourth-order valence-corrected chi connectivity index (χ4v) is 3.94. The summed E-state index contributed by atoms with van der Waals surface area (Å²) in [6, 6.07) is 6.77. The second-order valence-electron chi connectivity index (χ2n) is 6.62. The highest BCUT2D eigenvalue weighted by atomic mass is 79.9. The van der Waals surface area contributed by atoms with Crippen LogP contribution in [0.2, 0.25) is 0 Å². The van der Waals surface area contributed by atoms with Crippen LogP contribution in [-0.2, 0) is 4.79 Å². The van der Waals surface area contributed by atoms with Crippen LogP contribution in [0.5, 0.6) is 17.2 Å². The van der Waals surface area contributed by atoms with Gasteiger partial charge in [0.25, 0.3) is 5.91 Å². The Morgan fingerprint density at radius 3 is 2.28 bits per heavy atom. The molecule has 0 aliphatic rings. The van der Waals surface area contributed by atoms with Crippen molar-refractivity contribution in [2.45, 2.75) is 32.2 Å². The van der Waals surface area contributed by atoms with Gasteiger partial charge >= 0.3 is 5.97 Å². The van der Waals surface area contributed by atoms with E-state index in [1.807, 2.05) is 13.8 Å².